The number of pyridine rings is 1. The van der Waals surface area contributed by atoms with Crippen LogP contribution in [0.2, 0.25) is 0 Å². The molecule has 0 saturated carbocycles. The summed E-state index contributed by atoms with van der Waals surface area (Å²) >= 11 is 0. The number of anilines is 1. The lowest BCUT2D eigenvalue weighted by atomic mass is 10.1. The summed E-state index contributed by atoms with van der Waals surface area (Å²) in [6.07, 6.45) is 1.62. The number of fused-ring (bicyclic) bond motifs is 1. The van der Waals surface area contributed by atoms with Gasteiger partial charge in [-0.15, -0.1) is 0 Å². The zero-order chi connectivity index (χ0) is 23.7. The van der Waals surface area contributed by atoms with E-state index >= 15 is 0 Å². The third-order valence-corrected chi connectivity index (χ3v) is 6.25. The molecule has 34 heavy (non-hydrogen) atoms. The summed E-state index contributed by atoms with van der Waals surface area (Å²) in [6.45, 7) is 1.97. The van der Waals surface area contributed by atoms with Crippen molar-refractivity contribution in [2.45, 2.75) is 0 Å². The van der Waals surface area contributed by atoms with Gasteiger partial charge in [-0.2, -0.15) is 0 Å². The first-order chi connectivity index (χ1) is 16.6. The van der Waals surface area contributed by atoms with Gasteiger partial charge in [0.1, 0.15) is 11.6 Å². The molecule has 1 aromatic heterocycles. The zero-order valence-corrected chi connectivity index (χ0v) is 18.8. The summed E-state index contributed by atoms with van der Waals surface area (Å²) in [7, 11) is 1.57. The van der Waals surface area contributed by atoms with E-state index < -0.39 is 0 Å². The van der Waals surface area contributed by atoms with Crippen LogP contribution in [0, 0.1) is 5.82 Å². The minimum atomic E-state index is -0.265. The number of rotatable bonds is 4. The molecule has 0 bridgehead atoms. The Kier molecular flexibility index (Phi) is 5.76. The highest BCUT2D eigenvalue weighted by molar-refractivity contribution is 6.06. The van der Waals surface area contributed by atoms with Crippen LogP contribution in [0.5, 0.6) is 5.75 Å². The Hall–Kier alpha value is -4.13. The van der Waals surface area contributed by atoms with Gasteiger partial charge in [0, 0.05) is 49.2 Å². The lowest BCUT2D eigenvalue weighted by Crippen LogP contribution is -2.49. The molecule has 172 valence electrons. The quantitative estimate of drug-likeness (QED) is 0.463. The molecule has 0 unspecified atom stereocenters. The average molecular weight is 458 g/mol. The Morgan fingerprint density at radius 3 is 2.32 bits per heavy atom. The molecule has 2 heterocycles. The van der Waals surface area contributed by atoms with Crippen LogP contribution in [0.25, 0.3) is 16.5 Å². The van der Waals surface area contributed by atoms with Crippen molar-refractivity contribution in [2.24, 2.45) is 0 Å². The summed E-state index contributed by atoms with van der Waals surface area (Å²) in [5.74, 6) is 0.203. The lowest BCUT2D eigenvalue weighted by Gasteiger charge is -2.36. The third-order valence-electron chi connectivity index (χ3n) is 6.25. The van der Waals surface area contributed by atoms with Gasteiger partial charge in [0.15, 0.2) is 0 Å². The number of hydrogen-bond acceptors (Lipinski definition) is 4. The Balaban J connectivity index is 1.50. The highest BCUT2D eigenvalue weighted by atomic mass is 19.1. The van der Waals surface area contributed by atoms with Gasteiger partial charge in [-0.1, -0.05) is 36.4 Å². The molecule has 0 radical (unpaired) electrons. The molecule has 0 aliphatic carbocycles. The average Bonchev–Trinajstić information content (AvgIpc) is 2.89. The molecule has 1 aliphatic heterocycles. The van der Waals surface area contributed by atoms with Gasteiger partial charge in [0.25, 0.3) is 11.5 Å². The maximum absolute atomic E-state index is 14.2. The van der Waals surface area contributed by atoms with E-state index in [1.165, 1.54) is 10.6 Å². The van der Waals surface area contributed by atoms with Gasteiger partial charge in [0.05, 0.1) is 24.0 Å². The van der Waals surface area contributed by atoms with Crippen molar-refractivity contribution in [3.8, 4) is 11.4 Å². The van der Waals surface area contributed by atoms with Crippen molar-refractivity contribution in [1.29, 1.82) is 0 Å². The molecule has 6 nitrogen and oxygen atoms in total. The highest BCUT2D eigenvalue weighted by Crippen LogP contribution is 2.24. The van der Waals surface area contributed by atoms with Crippen LogP contribution in [0.4, 0.5) is 10.1 Å². The van der Waals surface area contributed by atoms with Gasteiger partial charge in [-0.05, 0) is 30.3 Å². The molecule has 3 aromatic carbocycles. The fourth-order valence-electron chi connectivity index (χ4n) is 4.44. The fraction of sp³-hybridized carbons (Fsp3) is 0.185. The number of aromatic nitrogens is 1. The minimum absolute atomic E-state index is 0.152. The van der Waals surface area contributed by atoms with Crippen molar-refractivity contribution >= 4 is 22.4 Å². The van der Waals surface area contributed by atoms with Gasteiger partial charge in [-0.25, -0.2) is 4.39 Å². The molecule has 7 heteroatoms. The van der Waals surface area contributed by atoms with Crippen LogP contribution in [0.15, 0.2) is 83.8 Å². The number of para-hydroxylation sites is 1. The minimum Gasteiger partial charge on any atom is -0.497 e. The van der Waals surface area contributed by atoms with E-state index in [1.807, 2.05) is 17.0 Å². The molecule has 5 rings (SSSR count). The van der Waals surface area contributed by atoms with Crippen LogP contribution in [0.3, 0.4) is 0 Å². The number of piperazine rings is 1. The maximum Gasteiger partial charge on any atom is 0.262 e. The van der Waals surface area contributed by atoms with E-state index in [0.29, 0.717) is 59.6 Å². The summed E-state index contributed by atoms with van der Waals surface area (Å²) in [5.41, 5.74) is 1.42. The Morgan fingerprint density at radius 1 is 0.882 bits per heavy atom. The number of ether oxygens (including phenoxy) is 1. The van der Waals surface area contributed by atoms with E-state index in [1.54, 1.807) is 72.8 Å². The van der Waals surface area contributed by atoms with Gasteiger partial charge >= 0.3 is 0 Å². The smallest absolute Gasteiger partial charge is 0.262 e. The molecule has 0 atom stereocenters. The highest BCUT2D eigenvalue weighted by Gasteiger charge is 2.26. The summed E-state index contributed by atoms with van der Waals surface area (Å²) in [4.78, 5) is 30.6. The topological polar surface area (TPSA) is 54.8 Å². The van der Waals surface area contributed by atoms with Crippen molar-refractivity contribution in [3.63, 3.8) is 0 Å². The third kappa shape index (κ3) is 3.90. The molecule has 0 spiro atoms. The van der Waals surface area contributed by atoms with Crippen LogP contribution in [-0.4, -0.2) is 48.7 Å². The summed E-state index contributed by atoms with van der Waals surface area (Å²) in [6, 6.07) is 21.0. The number of hydrogen-bond donors (Lipinski definition) is 0. The predicted molar refractivity (Wildman–Crippen MR) is 131 cm³/mol. The van der Waals surface area contributed by atoms with E-state index in [-0.39, 0.29) is 17.3 Å². The number of benzene rings is 3. The second-order valence-electron chi connectivity index (χ2n) is 8.20. The summed E-state index contributed by atoms with van der Waals surface area (Å²) < 4.78 is 21.0. The molecule has 0 N–H and O–H groups in total. The first-order valence-corrected chi connectivity index (χ1v) is 11.1. The molecule has 1 saturated heterocycles. The van der Waals surface area contributed by atoms with Crippen molar-refractivity contribution in [1.82, 2.24) is 9.47 Å². The number of halogens is 1. The van der Waals surface area contributed by atoms with Crippen LogP contribution in [0.1, 0.15) is 10.4 Å². The zero-order valence-electron chi connectivity index (χ0n) is 18.8. The van der Waals surface area contributed by atoms with Gasteiger partial charge < -0.3 is 14.5 Å². The van der Waals surface area contributed by atoms with Gasteiger partial charge in [-0.3, -0.25) is 14.2 Å². The van der Waals surface area contributed by atoms with E-state index in [9.17, 15) is 14.0 Å². The molecule has 1 aliphatic rings. The Labute approximate surface area is 196 Å². The number of carbonyl (C=O) groups is 1. The van der Waals surface area contributed by atoms with E-state index in [2.05, 4.69) is 0 Å². The fourth-order valence-corrected chi connectivity index (χ4v) is 4.44. The number of methoxy groups -OCH3 is 1. The van der Waals surface area contributed by atoms with Crippen molar-refractivity contribution in [3.05, 3.63) is 101 Å². The first-order valence-electron chi connectivity index (χ1n) is 11.1. The van der Waals surface area contributed by atoms with Gasteiger partial charge in [0.2, 0.25) is 0 Å². The first kappa shape index (κ1) is 21.7. The monoisotopic (exact) mass is 457 g/mol. The summed E-state index contributed by atoms with van der Waals surface area (Å²) in [5, 5.41) is 1.09. The SMILES string of the molecule is COc1cccc(-n2cc(C(=O)N3CCN(c4ccccc4F)CC3)c3ccccc3c2=O)c1. The molecular weight excluding hydrogens is 433 g/mol. The largest absolute Gasteiger partial charge is 0.497 e. The van der Waals surface area contributed by atoms with Crippen LogP contribution >= 0.6 is 0 Å². The second kappa shape index (κ2) is 9.02. The van der Waals surface area contributed by atoms with E-state index in [0.717, 1.165) is 0 Å². The Bertz CT molecular complexity index is 1420. The molecule has 1 fully saturated rings. The van der Waals surface area contributed by atoms with Crippen LogP contribution < -0.4 is 15.2 Å². The molecular formula is C27H24FN3O3. The van der Waals surface area contributed by atoms with Crippen molar-refractivity contribution < 1.29 is 13.9 Å². The lowest BCUT2D eigenvalue weighted by molar-refractivity contribution is 0.0748. The number of amides is 1. The molecule has 1 amide bonds. The van der Waals surface area contributed by atoms with Crippen molar-refractivity contribution in [2.75, 3.05) is 38.2 Å². The van der Waals surface area contributed by atoms with E-state index in [4.69, 9.17) is 4.74 Å². The second-order valence-corrected chi connectivity index (χ2v) is 8.20. The predicted octanol–water partition coefficient (Wildman–Crippen LogP) is 4.10. The van der Waals surface area contributed by atoms with Crippen LogP contribution in [-0.2, 0) is 0 Å². The number of nitrogens with zero attached hydrogens (tertiary/aromatic N) is 3. The standard InChI is InChI=1S/C27H24FN3O3/c1-34-20-8-6-7-19(17-20)31-18-23(21-9-2-3-10-22(21)27(31)33)26(32)30-15-13-29(14-16-30)25-12-5-4-11-24(25)28/h2-12,17-18H,13-16H2,1H3. The Morgan fingerprint density at radius 2 is 1.59 bits per heavy atom. The molecule has 4 aromatic rings. The maximum atomic E-state index is 14.2. The number of carbonyl (C=O) groups excluding carboxylic acids is 1. The normalized spacial score (nSPS) is 13.8.